The van der Waals surface area contributed by atoms with Gasteiger partial charge < -0.3 is 10.1 Å². The highest BCUT2D eigenvalue weighted by Gasteiger charge is 2.36. The van der Waals surface area contributed by atoms with Crippen LogP contribution in [0, 0.1) is 0 Å². The number of ether oxygens (including phenoxy) is 1. The van der Waals surface area contributed by atoms with E-state index in [1.165, 1.54) is 21.9 Å². The Hall–Kier alpha value is -3.06. The molecule has 0 fully saturated rings. The molecule has 0 radical (unpaired) electrons. The van der Waals surface area contributed by atoms with Gasteiger partial charge in [-0.25, -0.2) is 8.42 Å². The number of anilines is 1. The summed E-state index contributed by atoms with van der Waals surface area (Å²) in [6.07, 6.45) is 3.40. The maximum Gasteiger partial charge on any atom is 0.265 e. The lowest BCUT2D eigenvalue weighted by atomic mass is 10.1. The highest BCUT2D eigenvalue weighted by molar-refractivity contribution is 7.93. The zero-order valence-corrected chi connectivity index (χ0v) is 17.2. The van der Waals surface area contributed by atoms with Crippen LogP contribution in [-0.4, -0.2) is 34.0 Å². The lowest BCUT2D eigenvalue weighted by molar-refractivity contribution is -0.119. The minimum absolute atomic E-state index is 0.253. The summed E-state index contributed by atoms with van der Waals surface area (Å²) in [5.74, 6) is 0.440. The van der Waals surface area contributed by atoms with E-state index in [2.05, 4.69) is 17.4 Å². The van der Waals surface area contributed by atoms with E-state index in [0.29, 0.717) is 24.2 Å². The molecule has 0 saturated carbocycles. The lowest BCUT2D eigenvalue weighted by Gasteiger charge is -2.18. The zero-order valence-electron chi connectivity index (χ0n) is 16.4. The number of amides is 1. The summed E-state index contributed by atoms with van der Waals surface area (Å²) in [4.78, 5) is 12.7. The predicted octanol–water partition coefficient (Wildman–Crippen LogP) is 3.03. The highest BCUT2D eigenvalue weighted by atomic mass is 32.2. The van der Waals surface area contributed by atoms with E-state index < -0.39 is 10.0 Å². The van der Waals surface area contributed by atoms with Crippen LogP contribution >= 0.6 is 0 Å². The second-order valence-corrected chi connectivity index (χ2v) is 9.46. The third-order valence-corrected chi connectivity index (χ3v) is 7.53. The Balaban J connectivity index is 1.21. The molecule has 3 aromatic rings. The van der Waals surface area contributed by atoms with Crippen molar-refractivity contribution in [2.75, 3.05) is 24.0 Å². The Morgan fingerprint density at radius 1 is 1.03 bits per heavy atom. The Morgan fingerprint density at radius 3 is 2.70 bits per heavy atom. The number of carbonyl (C=O) groups is 1. The molecule has 0 aromatic heterocycles. The van der Waals surface area contributed by atoms with Crippen LogP contribution < -0.4 is 14.4 Å². The Kier molecular flexibility index (Phi) is 4.62. The number of carbonyl (C=O) groups excluding carboxylic acids is 1. The van der Waals surface area contributed by atoms with Crippen LogP contribution in [0.25, 0.3) is 10.8 Å². The number of nitrogens with zero attached hydrogens (tertiary/aromatic N) is 1. The number of rotatable bonds is 6. The lowest BCUT2D eigenvalue weighted by Crippen LogP contribution is -2.40. The zero-order chi connectivity index (χ0) is 20.7. The molecular weight excluding hydrogens is 400 g/mol. The second-order valence-electron chi connectivity index (χ2n) is 7.63. The quantitative estimate of drug-likeness (QED) is 0.620. The first-order chi connectivity index (χ1) is 14.5. The number of benzene rings is 3. The summed E-state index contributed by atoms with van der Waals surface area (Å²) < 4.78 is 32.8. The molecule has 154 valence electrons. The van der Waals surface area contributed by atoms with Gasteiger partial charge in [0.2, 0.25) is 5.91 Å². The van der Waals surface area contributed by atoms with Crippen LogP contribution in [0.2, 0.25) is 0 Å². The molecule has 3 aromatic carbocycles. The molecule has 1 aliphatic heterocycles. The van der Waals surface area contributed by atoms with Crippen molar-refractivity contribution in [2.45, 2.75) is 24.2 Å². The molecule has 0 atom stereocenters. The minimum Gasteiger partial charge on any atom is -0.492 e. The fraction of sp³-hybridized carbons (Fsp3) is 0.261. The summed E-state index contributed by atoms with van der Waals surface area (Å²) >= 11 is 0. The maximum atomic E-state index is 12.9. The van der Waals surface area contributed by atoms with Crippen LogP contribution in [0.5, 0.6) is 5.75 Å². The predicted molar refractivity (Wildman–Crippen MR) is 115 cm³/mol. The van der Waals surface area contributed by atoms with Gasteiger partial charge in [0, 0.05) is 5.39 Å². The monoisotopic (exact) mass is 422 g/mol. The molecule has 7 heteroatoms. The number of hydrogen-bond donors (Lipinski definition) is 1. The topological polar surface area (TPSA) is 75.7 Å². The first-order valence-corrected chi connectivity index (χ1v) is 11.5. The normalized spacial score (nSPS) is 15.9. The van der Waals surface area contributed by atoms with E-state index in [4.69, 9.17) is 4.74 Å². The van der Waals surface area contributed by atoms with Crippen LogP contribution in [0.1, 0.15) is 17.5 Å². The molecule has 2 aliphatic rings. The van der Waals surface area contributed by atoms with Gasteiger partial charge in [0.1, 0.15) is 18.9 Å². The van der Waals surface area contributed by atoms with Gasteiger partial charge in [0.05, 0.1) is 17.1 Å². The Morgan fingerprint density at radius 2 is 1.83 bits per heavy atom. The number of hydrogen-bond acceptors (Lipinski definition) is 4. The van der Waals surface area contributed by atoms with Gasteiger partial charge in [-0.1, -0.05) is 30.3 Å². The average Bonchev–Trinajstić information content (AvgIpc) is 3.29. The van der Waals surface area contributed by atoms with Gasteiger partial charge >= 0.3 is 0 Å². The molecule has 0 spiro atoms. The summed E-state index contributed by atoms with van der Waals surface area (Å²) in [5, 5.41) is 4.28. The van der Waals surface area contributed by atoms with Crippen molar-refractivity contribution in [1.29, 1.82) is 0 Å². The smallest absolute Gasteiger partial charge is 0.265 e. The summed E-state index contributed by atoms with van der Waals surface area (Å²) in [5.41, 5.74) is 3.27. The number of nitrogens with one attached hydrogen (secondary N) is 1. The third-order valence-electron chi connectivity index (χ3n) is 5.73. The Labute approximate surface area is 175 Å². The number of aryl methyl sites for hydroxylation is 2. The molecule has 5 rings (SSSR count). The van der Waals surface area contributed by atoms with Crippen molar-refractivity contribution in [1.82, 2.24) is 5.32 Å². The molecule has 0 bridgehead atoms. The first-order valence-electron chi connectivity index (χ1n) is 10.1. The molecule has 30 heavy (non-hydrogen) atoms. The number of fused-ring (bicyclic) bond motifs is 1. The van der Waals surface area contributed by atoms with Crippen molar-refractivity contribution in [2.24, 2.45) is 0 Å². The second kappa shape index (κ2) is 7.32. The average molecular weight is 423 g/mol. The molecule has 1 amide bonds. The Bertz CT molecular complexity index is 1250. The summed E-state index contributed by atoms with van der Waals surface area (Å²) in [6, 6.07) is 16.7. The van der Waals surface area contributed by atoms with Crippen molar-refractivity contribution >= 4 is 32.4 Å². The maximum absolute atomic E-state index is 12.9. The van der Waals surface area contributed by atoms with Gasteiger partial charge in [-0.2, -0.15) is 0 Å². The van der Waals surface area contributed by atoms with Gasteiger partial charge in [0.25, 0.3) is 10.0 Å². The van der Waals surface area contributed by atoms with Crippen LogP contribution in [0.3, 0.4) is 0 Å². The van der Waals surface area contributed by atoms with Crippen molar-refractivity contribution < 1.29 is 17.9 Å². The summed E-state index contributed by atoms with van der Waals surface area (Å²) in [6.45, 7) is 0.378. The fourth-order valence-corrected chi connectivity index (χ4v) is 5.98. The molecule has 0 saturated heterocycles. The minimum atomic E-state index is -3.73. The van der Waals surface area contributed by atoms with E-state index in [0.717, 1.165) is 24.0 Å². The third kappa shape index (κ3) is 3.19. The van der Waals surface area contributed by atoms with Gasteiger partial charge in [-0.3, -0.25) is 9.10 Å². The molecule has 0 unspecified atom stereocenters. The van der Waals surface area contributed by atoms with Gasteiger partial charge in [-0.05, 0) is 60.0 Å². The molecule has 1 N–H and O–H groups in total. The SMILES string of the molecule is O=C(CN1c2cccc3cccc(c23)S1(=O)=O)NCCOc1ccc2c(c1)CCC2. The molecular formula is C23H22N2O4S. The van der Waals surface area contributed by atoms with Gasteiger partial charge in [0.15, 0.2) is 0 Å². The van der Waals surface area contributed by atoms with E-state index in [1.54, 1.807) is 24.3 Å². The van der Waals surface area contributed by atoms with Crippen molar-refractivity contribution in [3.05, 3.63) is 65.7 Å². The largest absolute Gasteiger partial charge is 0.492 e. The van der Waals surface area contributed by atoms with E-state index in [1.807, 2.05) is 18.2 Å². The van der Waals surface area contributed by atoms with Gasteiger partial charge in [-0.15, -0.1) is 0 Å². The molecule has 6 nitrogen and oxygen atoms in total. The van der Waals surface area contributed by atoms with Crippen LogP contribution in [0.15, 0.2) is 59.5 Å². The van der Waals surface area contributed by atoms with E-state index in [-0.39, 0.29) is 17.3 Å². The number of sulfonamides is 1. The molecule has 1 heterocycles. The fourth-order valence-electron chi connectivity index (χ4n) is 4.31. The summed E-state index contributed by atoms with van der Waals surface area (Å²) in [7, 11) is -3.73. The van der Waals surface area contributed by atoms with Crippen molar-refractivity contribution in [3.63, 3.8) is 0 Å². The standard InChI is InChI=1S/C23H22N2O4S/c26-22(24-12-13-29-19-11-10-16-4-1-7-18(16)14-19)15-25-20-8-2-5-17-6-3-9-21(23(17)20)30(25,27)28/h2-3,5-6,8-11,14H,1,4,7,12-13,15H2,(H,24,26). The van der Waals surface area contributed by atoms with E-state index in [9.17, 15) is 13.2 Å². The highest BCUT2D eigenvalue weighted by Crippen LogP contribution is 2.41. The van der Waals surface area contributed by atoms with Crippen LogP contribution in [-0.2, 0) is 27.7 Å². The van der Waals surface area contributed by atoms with Crippen molar-refractivity contribution in [3.8, 4) is 5.75 Å². The molecule has 1 aliphatic carbocycles. The first kappa shape index (κ1) is 18.9. The van der Waals surface area contributed by atoms with Crippen LogP contribution in [0.4, 0.5) is 5.69 Å². The van der Waals surface area contributed by atoms with E-state index >= 15 is 0 Å².